The summed E-state index contributed by atoms with van der Waals surface area (Å²) in [6, 6.07) is 18.0. The van der Waals surface area contributed by atoms with Crippen molar-refractivity contribution in [3.63, 3.8) is 0 Å². The highest BCUT2D eigenvalue weighted by Crippen LogP contribution is 2.41. The summed E-state index contributed by atoms with van der Waals surface area (Å²) in [6.07, 6.45) is 4.13. The second-order valence-electron chi connectivity index (χ2n) is 10.4. The van der Waals surface area contributed by atoms with Crippen LogP contribution < -0.4 is 11.1 Å². The molecule has 37 heavy (non-hydrogen) atoms. The first-order valence-electron chi connectivity index (χ1n) is 13.6. The lowest BCUT2D eigenvalue weighted by Gasteiger charge is -2.29. The lowest BCUT2D eigenvalue weighted by Crippen LogP contribution is -2.45. The van der Waals surface area contributed by atoms with Gasteiger partial charge >= 0.3 is 0 Å². The SMILES string of the molecule is CCOCCC1(C(=O)NC[C@H](O)CN(CC(C)C)Sc2ccc(N)cc2)CCCC1.Cc1ccccc1. The minimum Gasteiger partial charge on any atom is -0.399 e. The quantitative estimate of drug-likeness (QED) is 0.175. The summed E-state index contributed by atoms with van der Waals surface area (Å²) in [4.78, 5) is 14.0. The number of ether oxygens (including phenoxy) is 1. The maximum atomic E-state index is 12.9. The maximum Gasteiger partial charge on any atom is 0.226 e. The number of aliphatic hydroxyl groups is 1. The van der Waals surface area contributed by atoms with Crippen LogP contribution in [0.3, 0.4) is 0 Å². The molecule has 1 amide bonds. The summed E-state index contributed by atoms with van der Waals surface area (Å²) in [5.41, 5.74) is 7.51. The first kappa shape index (κ1) is 31.2. The Kier molecular flexibility index (Phi) is 14.1. The monoisotopic (exact) mass is 529 g/mol. The molecule has 4 N–H and O–H groups in total. The Bertz CT molecular complexity index is 887. The van der Waals surface area contributed by atoms with E-state index in [0.717, 1.165) is 49.2 Å². The number of hydrogen-bond acceptors (Lipinski definition) is 6. The molecule has 2 aromatic carbocycles. The number of amides is 1. The molecule has 6 nitrogen and oxygen atoms in total. The van der Waals surface area contributed by atoms with Gasteiger partial charge in [0.1, 0.15) is 0 Å². The summed E-state index contributed by atoms with van der Waals surface area (Å²) in [7, 11) is 0. The Morgan fingerprint density at radius 1 is 1.11 bits per heavy atom. The fourth-order valence-electron chi connectivity index (χ4n) is 4.52. The van der Waals surface area contributed by atoms with Crippen molar-refractivity contribution in [2.45, 2.75) is 70.8 Å². The molecule has 0 bridgehead atoms. The lowest BCUT2D eigenvalue weighted by molar-refractivity contribution is -0.132. The average Bonchev–Trinajstić information content (AvgIpc) is 3.35. The molecule has 1 atom stereocenters. The lowest BCUT2D eigenvalue weighted by atomic mass is 9.82. The van der Waals surface area contributed by atoms with E-state index >= 15 is 0 Å². The van der Waals surface area contributed by atoms with E-state index < -0.39 is 6.10 Å². The molecule has 0 aromatic heterocycles. The molecule has 1 aliphatic rings. The fourth-order valence-corrected chi connectivity index (χ4v) is 5.70. The zero-order chi connectivity index (χ0) is 27.1. The second-order valence-corrected chi connectivity index (χ2v) is 11.5. The third kappa shape index (κ3) is 11.9. The van der Waals surface area contributed by atoms with Gasteiger partial charge in [-0.05, 0) is 75.2 Å². The molecule has 1 fully saturated rings. The zero-order valence-corrected chi connectivity index (χ0v) is 23.9. The van der Waals surface area contributed by atoms with E-state index in [-0.39, 0.29) is 17.9 Å². The predicted molar refractivity (Wildman–Crippen MR) is 155 cm³/mol. The van der Waals surface area contributed by atoms with Crippen molar-refractivity contribution in [1.29, 1.82) is 0 Å². The van der Waals surface area contributed by atoms with Crippen LogP contribution in [0.4, 0.5) is 5.69 Å². The minimum absolute atomic E-state index is 0.0698. The largest absolute Gasteiger partial charge is 0.399 e. The van der Waals surface area contributed by atoms with Crippen LogP contribution in [0.5, 0.6) is 0 Å². The molecule has 206 valence electrons. The number of nitrogens with two attached hydrogens (primary N) is 1. The van der Waals surface area contributed by atoms with E-state index in [1.54, 1.807) is 11.9 Å². The van der Waals surface area contributed by atoms with Gasteiger partial charge in [0.25, 0.3) is 0 Å². The predicted octanol–water partition coefficient (Wildman–Crippen LogP) is 5.69. The number of nitrogen functional groups attached to an aromatic ring is 1. The van der Waals surface area contributed by atoms with E-state index in [0.29, 0.717) is 25.7 Å². The molecular formula is C30H47N3O3S. The van der Waals surface area contributed by atoms with Crippen molar-refractivity contribution in [1.82, 2.24) is 9.62 Å². The van der Waals surface area contributed by atoms with E-state index in [1.807, 2.05) is 49.4 Å². The van der Waals surface area contributed by atoms with Crippen LogP contribution in [0.15, 0.2) is 59.5 Å². The maximum absolute atomic E-state index is 12.9. The van der Waals surface area contributed by atoms with Crippen LogP contribution >= 0.6 is 11.9 Å². The Hall–Kier alpha value is -2.06. The fraction of sp³-hybridized carbons (Fsp3) is 0.567. The number of rotatable bonds is 13. The molecule has 0 radical (unpaired) electrons. The van der Waals surface area contributed by atoms with E-state index in [4.69, 9.17) is 10.5 Å². The number of anilines is 1. The van der Waals surface area contributed by atoms with Crippen molar-refractivity contribution in [3.8, 4) is 0 Å². The van der Waals surface area contributed by atoms with Crippen molar-refractivity contribution >= 4 is 23.5 Å². The van der Waals surface area contributed by atoms with Crippen LogP contribution in [0, 0.1) is 18.3 Å². The summed E-state index contributed by atoms with van der Waals surface area (Å²) in [5.74, 6) is 0.536. The van der Waals surface area contributed by atoms with Crippen LogP contribution in [-0.2, 0) is 9.53 Å². The van der Waals surface area contributed by atoms with Gasteiger partial charge in [-0.15, -0.1) is 0 Å². The molecule has 2 aromatic rings. The van der Waals surface area contributed by atoms with Gasteiger partial charge in [-0.1, -0.05) is 62.6 Å². The zero-order valence-electron chi connectivity index (χ0n) is 23.1. The highest BCUT2D eigenvalue weighted by atomic mass is 32.2. The molecule has 7 heteroatoms. The summed E-state index contributed by atoms with van der Waals surface area (Å²) < 4.78 is 7.66. The van der Waals surface area contributed by atoms with Crippen molar-refractivity contribution in [2.75, 3.05) is 38.6 Å². The number of nitrogens with zero attached hydrogens (tertiary/aromatic N) is 1. The van der Waals surface area contributed by atoms with Gasteiger partial charge in [-0.25, -0.2) is 4.31 Å². The molecule has 0 unspecified atom stereocenters. The highest BCUT2D eigenvalue weighted by molar-refractivity contribution is 7.97. The number of benzene rings is 2. The number of nitrogens with one attached hydrogen (secondary N) is 1. The average molecular weight is 530 g/mol. The molecular weight excluding hydrogens is 482 g/mol. The normalized spacial score (nSPS) is 15.3. The summed E-state index contributed by atoms with van der Waals surface area (Å²) in [5, 5.41) is 13.7. The van der Waals surface area contributed by atoms with Crippen LogP contribution in [0.1, 0.15) is 58.4 Å². The number of carbonyl (C=O) groups is 1. The first-order valence-corrected chi connectivity index (χ1v) is 14.4. The van der Waals surface area contributed by atoms with Gasteiger partial charge in [0, 0.05) is 43.4 Å². The standard InChI is InChI=1S/C23H39N3O3S.C7H8/c1-4-29-14-13-23(11-5-6-12-23)22(28)25-15-20(27)17-26(16-18(2)3)30-21-9-7-19(24)8-10-21;1-7-5-3-2-4-6-7/h7-10,18,20,27H,4-6,11-17,24H2,1-3H3,(H,25,28);2-6H,1H3/t20-;/m0./s1. The summed E-state index contributed by atoms with van der Waals surface area (Å²) >= 11 is 1.62. The van der Waals surface area contributed by atoms with Gasteiger partial charge in [-0.3, -0.25) is 4.79 Å². The van der Waals surface area contributed by atoms with Crippen LogP contribution in [-0.4, -0.2) is 54.3 Å². The van der Waals surface area contributed by atoms with Gasteiger partial charge in [0.05, 0.1) is 11.5 Å². The molecule has 0 heterocycles. The third-order valence-electron chi connectivity index (χ3n) is 6.51. The Morgan fingerprint density at radius 3 is 2.30 bits per heavy atom. The third-order valence-corrected chi connectivity index (χ3v) is 7.55. The van der Waals surface area contributed by atoms with Gasteiger partial charge in [0.2, 0.25) is 5.91 Å². The Balaban J connectivity index is 0.000000591. The van der Waals surface area contributed by atoms with E-state index in [1.165, 1.54) is 5.56 Å². The van der Waals surface area contributed by atoms with Gasteiger partial charge < -0.3 is 20.9 Å². The number of aliphatic hydroxyl groups excluding tert-OH is 1. The van der Waals surface area contributed by atoms with E-state index in [9.17, 15) is 9.90 Å². The number of hydrogen-bond donors (Lipinski definition) is 3. The molecule has 0 spiro atoms. The van der Waals surface area contributed by atoms with Crippen molar-refractivity contribution < 1.29 is 14.6 Å². The summed E-state index contributed by atoms with van der Waals surface area (Å²) in [6.45, 7) is 11.3. The van der Waals surface area contributed by atoms with Crippen molar-refractivity contribution in [2.24, 2.45) is 11.3 Å². The van der Waals surface area contributed by atoms with Crippen LogP contribution in [0.2, 0.25) is 0 Å². The second kappa shape index (κ2) is 16.7. The van der Waals surface area contributed by atoms with Gasteiger partial charge in [0.15, 0.2) is 0 Å². The highest BCUT2D eigenvalue weighted by Gasteiger charge is 2.40. The van der Waals surface area contributed by atoms with Gasteiger partial charge in [-0.2, -0.15) is 0 Å². The Morgan fingerprint density at radius 2 is 1.76 bits per heavy atom. The van der Waals surface area contributed by atoms with Crippen LogP contribution in [0.25, 0.3) is 0 Å². The molecule has 1 saturated carbocycles. The molecule has 0 saturated heterocycles. The topological polar surface area (TPSA) is 87.8 Å². The Labute approximate surface area is 228 Å². The molecule has 3 rings (SSSR count). The smallest absolute Gasteiger partial charge is 0.226 e. The number of aryl methyl sites for hydroxylation is 1. The number of carbonyl (C=O) groups excluding carboxylic acids is 1. The minimum atomic E-state index is -0.626. The van der Waals surface area contributed by atoms with E-state index in [2.05, 4.69) is 42.5 Å². The molecule has 1 aliphatic carbocycles. The molecule has 0 aliphatic heterocycles. The first-order chi connectivity index (χ1) is 17.7. The van der Waals surface area contributed by atoms with Crippen molar-refractivity contribution in [3.05, 3.63) is 60.2 Å².